The molecular formula is C32H23F4IN4O4. The maximum atomic E-state index is 13.5. The first-order chi connectivity index (χ1) is 21.5. The molecule has 13 heteroatoms. The van der Waals surface area contributed by atoms with E-state index in [-0.39, 0.29) is 35.7 Å². The molecule has 0 aliphatic rings. The van der Waals surface area contributed by atoms with Crippen molar-refractivity contribution in [1.29, 1.82) is 0 Å². The van der Waals surface area contributed by atoms with E-state index in [0.717, 1.165) is 16.8 Å². The van der Waals surface area contributed by atoms with Crippen molar-refractivity contribution >= 4 is 51.3 Å². The number of nitrogens with zero attached hydrogens (tertiary/aromatic N) is 3. The Morgan fingerprint density at radius 2 is 1.78 bits per heavy atom. The molecule has 1 N–H and O–H groups in total. The fourth-order valence-corrected chi connectivity index (χ4v) is 5.09. The molecule has 45 heavy (non-hydrogen) atoms. The zero-order chi connectivity index (χ0) is 32.1. The molecule has 4 aromatic carbocycles. The second-order valence-electron chi connectivity index (χ2n) is 9.50. The smallest absolute Gasteiger partial charge is 0.416 e. The topological polar surface area (TPSA) is 94.8 Å². The summed E-state index contributed by atoms with van der Waals surface area (Å²) in [5.41, 5.74) is -0.233. The number of halogens is 5. The molecule has 8 nitrogen and oxygen atoms in total. The van der Waals surface area contributed by atoms with E-state index in [4.69, 9.17) is 9.47 Å². The lowest BCUT2D eigenvalue weighted by molar-refractivity contribution is -0.137. The first-order valence-electron chi connectivity index (χ1n) is 13.4. The van der Waals surface area contributed by atoms with Crippen LogP contribution in [0, 0.1) is 9.39 Å². The number of rotatable bonds is 9. The van der Waals surface area contributed by atoms with E-state index in [9.17, 15) is 27.2 Å². The van der Waals surface area contributed by atoms with Crippen LogP contribution in [0.5, 0.6) is 11.5 Å². The summed E-state index contributed by atoms with van der Waals surface area (Å²) in [7, 11) is 0. The lowest BCUT2D eigenvalue weighted by atomic mass is 10.1. The summed E-state index contributed by atoms with van der Waals surface area (Å²) in [6.07, 6.45) is -3.25. The molecule has 0 unspecified atom stereocenters. The molecule has 0 atom stereocenters. The monoisotopic (exact) mass is 730 g/mol. The summed E-state index contributed by atoms with van der Waals surface area (Å²) in [4.78, 5) is 30.4. The van der Waals surface area contributed by atoms with Crippen LogP contribution in [0.2, 0.25) is 0 Å². The number of hydrogen-bond acceptors (Lipinski definition) is 6. The maximum Gasteiger partial charge on any atom is 0.416 e. The number of amides is 1. The van der Waals surface area contributed by atoms with Crippen molar-refractivity contribution in [2.75, 3.05) is 18.5 Å². The van der Waals surface area contributed by atoms with E-state index in [1.807, 2.05) is 22.6 Å². The number of carbonyl (C=O) groups excluding carboxylic acids is 1. The van der Waals surface area contributed by atoms with Crippen LogP contribution < -0.4 is 20.3 Å². The third-order valence-corrected chi connectivity index (χ3v) is 7.13. The van der Waals surface area contributed by atoms with Crippen molar-refractivity contribution in [3.63, 3.8) is 0 Å². The summed E-state index contributed by atoms with van der Waals surface area (Å²) in [5, 5.41) is 7.19. The molecular weight excluding hydrogens is 707 g/mol. The van der Waals surface area contributed by atoms with E-state index in [1.165, 1.54) is 42.6 Å². The number of para-hydroxylation sites is 1. The Morgan fingerprint density at radius 1 is 1.02 bits per heavy atom. The summed E-state index contributed by atoms with van der Waals surface area (Å²) >= 11 is 2.00. The van der Waals surface area contributed by atoms with Crippen molar-refractivity contribution < 1.29 is 31.8 Å². The average molecular weight is 730 g/mol. The number of hydrogen-bond donors (Lipinski definition) is 1. The van der Waals surface area contributed by atoms with Gasteiger partial charge < -0.3 is 14.8 Å². The van der Waals surface area contributed by atoms with Gasteiger partial charge in [0.25, 0.3) is 11.5 Å². The van der Waals surface area contributed by atoms with E-state index in [1.54, 1.807) is 43.3 Å². The van der Waals surface area contributed by atoms with Gasteiger partial charge in [-0.15, -0.1) is 0 Å². The van der Waals surface area contributed by atoms with Crippen LogP contribution in [0.15, 0.2) is 94.8 Å². The normalized spacial score (nSPS) is 11.6. The van der Waals surface area contributed by atoms with Crippen LogP contribution >= 0.6 is 22.6 Å². The van der Waals surface area contributed by atoms with Gasteiger partial charge in [-0.3, -0.25) is 9.59 Å². The van der Waals surface area contributed by atoms with E-state index < -0.39 is 29.0 Å². The summed E-state index contributed by atoms with van der Waals surface area (Å²) < 4.78 is 66.6. The van der Waals surface area contributed by atoms with Crippen LogP contribution in [0.25, 0.3) is 22.3 Å². The second-order valence-corrected chi connectivity index (χ2v) is 10.7. The molecule has 1 aromatic heterocycles. The van der Waals surface area contributed by atoms with Gasteiger partial charge in [0.15, 0.2) is 23.9 Å². The Bertz CT molecular complexity index is 1960. The second kappa shape index (κ2) is 13.5. The highest BCUT2D eigenvalue weighted by atomic mass is 127. The van der Waals surface area contributed by atoms with Gasteiger partial charge in [0.05, 0.1) is 32.9 Å². The fourth-order valence-electron chi connectivity index (χ4n) is 4.31. The average Bonchev–Trinajstić information content (AvgIpc) is 3.01. The largest absolute Gasteiger partial charge is 0.490 e. The number of anilines is 1. The Balaban J connectivity index is 1.48. The van der Waals surface area contributed by atoms with Gasteiger partial charge in [-0.1, -0.05) is 24.3 Å². The van der Waals surface area contributed by atoms with Crippen molar-refractivity contribution in [2.24, 2.45) is 5.10 Å². The molecule has 0 saturated carbocycles. The number of nitrogens with one attached hydrogen (secondary N) is 1. The fraction of sp³-hybridized carbons (Fsp3) is 0.125. The number of alkyl halides is 3. The number of carbonyl (C=O) groups is 1. The Hall–Kier alpha value is -4.79. The minimum Gasteiger partial charge on any atom is -0.490 e. The highest BCUT2D eigenvalue weighted by Gasteiger charge is 2.31. The minimum atomic E-state index is -4.60. The van der Waals surface area contributed by atoms with Gasteiger partial charge in [0.2, 0.25) is 0 Å². The number of ether oxygens (including phenoxy) is 2. The Labute approximate surface area is 267 Å². The molecule has 0 saturated heterocycles. The van der Waals surface area contributed by atoms with Crippen molar-refractivity contribution in [1.82, 2.24) is 9.66 Å². The van der Waals surface area contributed by atoms with Crippen molar-refractivity contribution in [2.45, 2.75) is 13.1 Å². The molecule has 5 aromatic rings. The first kappa shape index (κ1) is 31.6. The molecule has 0 aliphatic heterocycles. The summed E-state index contributed by atoms with van der Waals surface area (Å²) in [6, 6.07) is 19.5. The van der Waals surface area contributed by atoms with Crippen LogP contribution in [0.3, 0.4) is 0 Å². The Morgan fingerprint density at radius 3 is 2.51 bits per heavy atom. The van der Waals surface area contributed by atoms with E-state index in [0.29, 0.717) is 26.1 Å². The van der Waals surface area contributed by atoms with Crippen LogP contribution in [-0.4, -0.2) is 35.0 Å². The number of benzene rings is 4. The Kier molecular flexibility index (Phi) is 9.46. The SMILES string of the molecule is CCOc1cc(C=Nn2c(-c3cccc(C(F)(F)F)c3)nc3ccccc3c2=O)cc(I)c1OCC(=O)Nc1ccc(F)cc1. The van der Waals surface area contributed by atoms with Gasteiger partial charge in [-0.25, -0.2) is 9.37 Å². The molecule has 0 radical (unpaired) electrons. The van der Waals surface area contributed by atoms with E-state index >= 15 is 0 Å². The standard InChI is InChI=1S/C32H23F4IN4O4/c1-2-44-27-15-19(14-25(37)29(27)45-18-28(42)39-23-12-10-22(33)11-13-23)17-38-41-30(20-6-5-7-21(16-20)32(34,35)36)40-26-9-4-3-8-24(26)31(41)43/h3-17H,2,18H2,1H3,(H,39,42). The van der Waals surface area contributed by atoms with Gasteiger partial charge >= 0.3 is 6.18 Å². The molecule has 5 rings (SSSR count). The van der Waals surface area contributed by atoms with Gasteiger partial charge in [0.1, 0.15) is 5.82 Å². The zero-order valence-corrected chi connectivity index (χ0v) is 25.6. The van der Waals surface area contributed by atoms with Crippen LogP contribution in [0.4, 0.5) is 23.2 Å². The highest BCUT2D eigenvalue weighted by Crippen LogP contribution is 2.34. The molecule has 0 fully saturated rings. The molecule has 230 valence electrons. The van der Waals surface area contributed by atoms with Crippen molar-refractivity contribution in [3.8, 4) is 22.9 Å². The molecule has 1 amide bonds. The first-order valence-corrected chi connectivity index (χ1v) is 14.5. The summed E-state index contributed by atoms with van der Waals surface area (Å²) in [5.74, 6) is -0.401. The number of fused-ring (bicyclic) bond motifs is 1. The predicted molar refractivity (Wildman–Crippen MR) is 170 cm³/mol. The van der Waals surface area contributed by atoms with Gasteiger partial charge in [0, 0.05) is 11.3 Å². The van der Waals surface area contributed by atoms with Gasteiger partial charge in [-0.2, -0.15) is 22.9 Å². The third kappa shape index (κ3) is 7.48. The van der Waals surface area contributed by atoms with Crippen LogP contribution in [0.1, 0.15) is 18.1 Å². The minimum absolute atomic E-state index is 0.0528. The molecule has 0 aliphatic carbocycles. The molecule has 0 spiro atoms. The lowest BCUT2D eigenvalue weighted by Gasteiger charge is -2.15. The number of aromatic nitrogens is 2. The highest BCUT2D eigenvalue weighted by molar-refractivity contribution is 14.1. The molecule has 0 bridgehead atoms. The molecule has 1 heterocycles. The lowest BCUT2D eigenvalue weighted by Crippen LogP contribution is -2.21. The van der Waals surface area contributed by atoms with Crippen molar-refractivity contribution in [3.05, 3.63) is 116 Å². The predicted octanol–water partition coefficient (Wildman–Crippen LogP) is 7.12. The maximum absolute atomic E-state index is 13.5. The third-order valence-electron chi connectivity index (χ3n) is 6.33. The zero-order valence-electron chi connectivity index (χ0n) is 23.4. The quantitative estimate of drug-likeness (QED) is 0.0991. The van der Waals surface area contributed by atoms with Gasteiger partial charge in [-0.05, 0) is 95.7 Å². The van der Waals surface area contributed by atoms with E-state index in [2.05, 4.69) is 15.4 Å². The van der Waals surface area contributed by atoms with Crippen LogP contribution in [-0.2, 0) is 11.0 Å². The summed E-state index contributed by atoms with van der Waals surface area (Å²) in [6.45, 7) is 1.67.